The van der Waals surface area contributed by atoms with Crippen LogP contribution in [0.4, 0.5) is 0 Å². The van der Waals surface area contributed by atoms with Gasteiger partial charge in [-0.25, -0.2) is 0 Å². The van der Waals surface area contributed by atoms with Gasteiger partial charge in [0.25, 0.3) is 5.91 Å². The lowest BCUT2D eigenvalue weighted by Gasteiger charge is -2.21. The van der Waals surface area contributed by atoms with Gasteiger partial charge in [0.1, 0.15) is 0 Å². The minimum Gasteiger partial charge on any atom is -0.395 e. The van der Waals surface area contributed by atoms with Crippen LogP contribution in [-0.2, 0) is 0 Å². The van der Waals surface area contributed by atoms with Crippen molar-refractivity contribution in [3.63, 3.8) is 0 Å². The molecule has 0 heterocycles. The van der Waals surface area contributed by atoms with Crippen LogP contribution in [0.5, 0.6) is 0 Å². The monoisotopic (exact) mass is 239 g/mol. The number of hydrogen-bond donors (Lipinski definition) is 1. The van der Waals surface area contributed by atoms with Gasteiger partial charge in [-0.2, -0.15) is 0 Å². The van der Waals surface area contributed by atoms with E-state index in [-0.39, 0.29) is 12.5 Å². The van der Waals surface area contributed by atoms with Gasteiger partial charge in [0.2, 0.25) is 0 Å². The molecule has 1 amide bonds. The van der Waals surface area contributed by atoms with Gasteiger partial charge in [0.15, 0.2) is 0 Å². The number of nitrogens with zero attached hydrogens (tertiary/aromatic N) is 1. The van der Waals surface area contributed by atoms with Crippen molar-refractivity contribution in [2.75, 3.05) is 13.2 Å². The molecule has 0 bridgehead atoms. The summed E-state index contributed by atoms with van der Waals surface area (Å²) >= 11 is 5.85. The van der Waals surface area contributed by atoms with Crippen LogP contribution in [0.25, 0.3) is 0 Å². The molecule has 0 radical (unpaired) electrons. The normalized spacial score (nSPS) is 14.9. The molecule has 0 unspecified atom stereocenters. The van der Waals surface area contributed by atoms with Crippen molar-refractivity contribution >= 4 is 17.5 Å². The van der Waals surface area contributed by atoms with Gasteiger partial charge in [-0.05, 0) is 31.0 Å². The maximum absolute atomic E-state index is 12.1. The lowest BCUT2D eigenvalue weighted by atomic mass is 10.2. The van der Waals surface area contributed by atoms with E-state index in [0.29, 0.717) is 23.2 Å². The predicted molar refractivity (Wildman–Crippen MR) is 62.6 cm³/mol. The number of amides is 1. The van der Waals surface area contributed by atoms with Gasteiger partial charge in [-0.1, -0.05) is 17.7 Å². The van der Waals surface area contributed by atoms with Crippen molar-refractivity contribution in [2.24, 2.45) is 0 Å². The Hall–Kier alpha value is -1.06. The average molecular weight is 240 g/mol. The molecule has 1 aromatic carbocycles. The SMILES string of the molecule is O=C(c1cccc(Cl)c1)N(CCO)C1CC1. The molecule has 4 heteroatoms. The van der Waals surface area contributed by atoms with Crippen LogP contribution >= 0.6 is 11.6 Å². The largest absolute Gasteiger partial charge is 0.395 e. The first-order chi connectivity index (χ1) is 7.72. The molecule has 1 N–H and O–H groups in total. The van der Waals surface area contributed by atoms with Crippen LogP contribution in [-0.4, -0.2) is 35.1 Å². The summed E-state index contributed by atoms with van der Waals surface area (Å²) in [5.74, 6) is -0.0425. The van der Waals surface area contributed by atoms with Crippen LogP contribution in [0.15, 0.2) is 24.3 Å². The molecule has 0 aliphatic heterocycles. The maximum Gasteiger partial charge on any atom is 0.254 e. The quantitative estimate of drug-likeness (QED) is 0.872. The van der Waals surface area contributed by atoms with E-state index in [1.165, 1.54) is 0 Å². The second-order valence-electron chi connectivity index (χ2n) is 3.96. The van der Waals surface area contributed by atoms with Crippen molar-refractivity contribution < 1.29 is 9.90 Å². The van der Waals surface area contributed by atoms with Gasteiger partial charge in [-0.3, -0.25) is 4.79 Å². The Bertz CT molecular complexity index is 390. The highest BCUT2D eigenvalue weighted by molar-refractivity contribution is 6.30. The molecule has 1 aliphatic carbocycles. The molecule has 0 atom stereocenters. The molecule has 86 valence electrons. The Morgan fingerprint density at radius 1 is 1.50 bits per heavy atom. The number of carbonyl (C=O) groups excluding carboxylic acids is 1. The third-order valence-electron chi connectivity index (χ3n) is 2.66. The molecule has 0 spiro atoms. The number of carbonyl (C=O) groups is 1. The fraction of sp³-hybridized carbons (Fsp3) is 0.417. The molecule has 1 saturated carbocycles. The Morgan fingerprint density at radius 2 is 2.25 bits per heavy atom. The molecule has 1 aliphatic rings. The summed E-state index contributed by atoms with van der Waals surface area (Å²) in [6.07, 6.45) is 2.07. The summed E-state index contributed by atoms with van der Waals surface area (Å²) < 4.78 is 0. The Labute approximate surface area is 99.6 Å². The lowest BCUT2D eigenvalue weighted by molar-refractivity contribution is 0.0707. The fourth-order valence-electron chi connectivity index (χ4n) is 1.73. The number of rotatable bonds is 4. The predicted octanol–water partition coefficient (Wildman–Crippen LogP) is 1.94. The minimum atomic E-state index is -0.0425. The van der Waals surface area contributed by atoms with E-state index in [2.05, 4.69) is 0 Å². The summed E-state index contributed by atoms with van der Waals surface area (Å²) in [6.45, 7) is 0.402. The van der Waals surface area contributed by atoms with E-state index in [4.69, 9.17) is 16.7 Å². The van der Waals surface area contributed by atoms with E-state index in [9.17, 15) is 4.79 Å². The standard InChI is InChI=1S/C12H14ClNO2/c13-10-3-1-2-9(8-10)12(16)14(6-7-15)11-4-5-11/h1-3,8,11,15H,4-7H2. The van der Waals surface area contributed by atoms with Gasteiger partial charge < -0.3 is 10.0 Å². The lowest BCUT2D eigenvalue weighted by Crippen LogP contribution is -2.35. The van der Waals surface area contributed by atoms with Gasteiger partial charge in [0.05, 0.1) is 6.61 Å². The highest BCUT2D eigenvalue weighted by Gasteiger charge is 2.32. The van der Waals surface area contributed by atoms with Crippen LogP contribution in [0, 0.1) is 0 Å². The molecule has 16 heavy (non-hydrogen) atoms. The van der Waals surface area contributed by atoms with Gasteiger partial charge >= 0.3 is 0 Å². The summed E-state index contributed by atoms with van der Waals surface area (Å²) in [7, 11) is 0. The van der Waals surface area contributed by atoms with Crippen molar-refractivity contribution in [3.05, 3.63) is 34.9 Å². The Balaban J connectivity index is 2.15. The average Bonchev–Trinajstić information content (AvgIpc) is 3.09. The molecule has 0 saturated heterocycles. The summed E-state index contributed by atoms with van der Waals surface area (Å²) in [5, 5.41) is 9.50. The maximum atomic E-state index is 12.1. The highest BCUT2D eigenvalue weighted by atomic mass is 35.5. The first-order valence-electron chi connectivity index (χ1n) is 5.40. The Morgan fingerprint density at radius 3 is 2.81 bits per heavy atom. The molecular formula is C12H14ClNO2. The van der Waals surface area contributed by atoms with Gasteiger partial charge in [0, 0.05) is 23.2 Å². The summed E-state index contributed by atoms with van der Waals surface area (Å²) in [6, 6.07) is 7.22. The number of aliphatic hydroxyl groups is 1. The smallest absolute Gasteiger partial charge is 0.254 e. The number of benzene rings is 1. The van der Waals surface area contributed by atoms with Crippen molar-refractivity contribution in [1.29, 1.82) is 0 Å². The van der Waals surface area contributed by atoms with Gasteiger partial charge in [-0.15, -0.1) is 0 Å². The topological polar surface area (TPSA) is 40.5 Å². The summed E-state index contributed by atoms with van der Waals surface area (Å²) in [5.41, 5.74) is 0.591. The van der Waals surface area contributed by atoms with E-state index in [0.717, 1.165) is 12.8 Å². The van der Waals surface area contributed by atoms with Crippen LogP contribution in [0.2, 0.25) is 5.02 Å². The second kappa shape index (κ2) is 4.85. The van der Waals surface area contributed by atoms with E-state index in [1.807, 2.05) is 0 Å². The zero-order valence-corrected chi connectivity index (χ0v) is 9.65. The molecule has 0 aromatic heterocycles. The Kier molecular flexibility index (Phi) is 3.46. The van der Waals surface area contributed by atoms with E-state index < -0.39 is 0 Å². The zero-order chi connectivity index (χ0) is 11.5. The van der Waals surface area contributed by atoms with Crippen LogP contribution in [0.3, 0.4) is 0 Å². The molecule has 1 aromatic rings. The van der Waals surface area contributed by atoms with E-state index in [1.54, 1.807) is 29.2 Å². The van der Waals surface area contributed by atoms with Crippen LogP contribution in [0.1, 0.15) is 23.2 Å². The minimum absolute atomic E-state index is 0.00278. The van der Waals surface area contributed by atoms with E-state index >= 15 is 0 Å². The molecular weight excluding hydrogens is 226 g/mol. The third kappa shape index (κ3) is 2.54. The first kappa shape index (κ1) is 11.4. The molecule has 3 nitrogen and oxygen atoms in total. The number of halogens is 1. The fourth-order valence-corrected chi connectivity index (χ4v) is 1.92. The molecule has 2 rings (SSSR count). The molecule has 1 fully saturated rings. The third-order valence-corrected chi connectivity index (χ3v) is 2.90. The van der Waals surface area contributed by atoms with Crippen molar-refractivity contribution in [1.82, 2.24) is 4.90 Å². The number of hydrogen-bond acceptors (Lipinski definition) is 2. The zero-order valence-electron chi connectivity index (χ0n) is 8.90. The van der Waals surface area contributed by atoms with Crippen molar-refractivity contribution in [3.8, 4) is 0 Å². The second-order valence-corrected chi connectivity index (χ2v) is 4.40. The van der Waals surface area contributed by atoms with Crippen LogP contribution < -0.4 is 0 Å². The highest BCUT2D eigenvalue weighted by Crippen LogP contribution is 2.28. The first-order valence-corrected chi connectivity index (χ1v) is 5.77. The summed E-state index contributed by atoms with van der Waals surface area (Å²) in [4.78, 5) is 13.9. The van der Waals surface area contributed by atoms with Crippen molar-refractivity contribution in [2.45, 2.75) is 18.9 Å². The number of aliphatic hydroxyl groups excluding tert-OH is 1.